The second-order valence-electron chi connectivity index (χ2n) is 4.92. The molecule has 0 spiro atoms. The number of amides is 1. The van der Waals surface area contributed by atoms with Gasteiger partial charge in [0.15, 0.2) is 0 Å². The first-order valence-corrected chi connectivity index (χ1v) is 6.71. The van der Waals surface area contributed by atoms with Crippen molar-refractivity contribution in [3.63, 3.8) is 0 Å². The predicted octanol–water partition coefficient (Wildman–Crippen LogP) is 1.63. The lowest BCUT2D eigenvalue weighted by molar-refractivity contribution is 0.0142. The number of hydrogen-bond acceptors (Lipinski definition) is 5. The van der Waals surface area contributed by atoms with E-state index in [0.717, 1.165) is 5.00 Å². The fraction of sp³-hybridized carbons (Fsp3) is 0.667. The molecule has 0 radical (unpaired) electrons. The molecule has 0 saturated carbocycles. The number of aromatic nitrogens is 1. The van der Waals surface area contributed by atoms with Gasteiger partial charge in [0.1, 0.15) is 5.00 Å². The van der Waals surface area contributed by atoms with E-state index in [1.54, 1.807) is 20.9 Å². The number of rotatable bonds is 5. The third-order valence-electron chi connectivity index (χ3n) is 3.17. The molecule has 1 amide bonds. The average Bonchev–Trinajstić information content (AvgIpc) is 2.67. The van der Waals surface area contributed by atoms with Crippen molar-refractivity contribution in [1.82, 2.24) is 9.69 Å². The lowest BCUT2D eigenvalue weighted by Gasteiger charge is -2.27. The number of anilines is 1. The first-order chi connectivity index (χ1) is 8.29. The van der Waals surface area contributed by atoms with Crippen LogP contribution in [0.25, 0.3) is 0 Å². The van der Waals surface area contributed by atoms with Gasteiger partial charge in [-0.15, -0.1) is 0 Å². The van der Waals surface area contributed by atoms with Gasteiger partial charge in [0.05, 0.1) is 16.9 Å². The minimum atomic E-state index is -0.910. The van der Waals surface area contributed by atoms with Gasteiger partial charge in [-0.2, -0.15) is 4.37 Å². The number of hydrogen-bond donors (Lipinski definition) is 3. The van der Waals surface area contributed by atoms with Crippen molar-refractivity contribution in [2.45, 2.75) is 33.3 Å². The molecule has 1 unspecified atom stereocenters. The third kappa shape index (κ3) is 3.20. The van der Waals surface area contributed by atoms with Crippen molar-refractivity contribution in [2.75, 3.05) is 18.9 Å². The zero-order chi connectivity index (χ0) is 13.9. The molecule has 0 fully saturated rings. The first kappa shape index (κ1) is 14.9. The summed E-state index contributed by atoms with van der Waals surface area (Å²) in [5, 5.41) is 16.5. The number of aryl methyl sites for hydroxylation is 1. The van der Waals surface area contributed by atoms with Crippen molar-refractivity contribution in [3.8, 4) is 0 Å². The summed E-state index contributed by atoms with van der Waals surface area (Å²) < 4.78 is 4.14. The van der Waals surface area contributed by atoms with Crippen LogP contribution in [0.15, 0.2) is 0 Å². The Balaban J connectivity index is 2.75. The monoisotopic (exact) mass is 271 g/mol. The van der Waals surface area contributed by atoms with E-state index in [0.29, 0.717) is 11.3 Å². The maximum atomic E-state index is 12.1. The Labute approximate surface area is 112 Å². The summed E-state index contributed by atoms with van der Waals surface area (Å²) >= 11 is 1.26. The molecule has 1 atom stereocenters. The molecule has 5 nitrogen and oxygen atoms in total. The fourth-order valence-corrected chi connectivity index (χ4v) is 2.10. The van der Waals surface area contributed by atoms with Crippen molar-refractivity contribution in [1.29, 1.82) is 0 Å². The highest BCUT2D eigenvalue weighted by molar-refractivity contribution is 7.10. The molecule has 18 heavy (non-hydrogen) atoms. The van der Waals surface area contributed by atoms with E-state index in [9.17, 15) is 9.90 Å². The average molecular weight is 271 g/mol. The highest BCUT2D eigenvalue weighted by atomic mass is 32.1. The van der Waals surface area contributed by atoms with Gasteiger partial charge in [0.2, 0.25) is 0 Å². The van der Waals surface area contributed by atoms with Crippen LogP contribution < -0.4 is 10.6 Å². The van der Waals surface area contributed by atoms with Gasteiger partial charge in [0.25, 0.3) is 5.91 Å². The van der Waals surface area contributed by atoms with Crippen LogP contribution in [0.5, 0.6) is 0 Å². The molecular formula is C12H21N3O2S. The topological polar surface area (TPSA) is 74.2 Å². The van der Waals surface area contributed by atoms with Crippen LogP contribution in [0.2, 0.25) is 0 Å². The number of nitrogens with zero attached hydrogens (tertiary/aromatic N) is 1. The van der Waals surface area contributed by atoms with Crippen LogP contribution >= 0.6 is 11.5 Å². The Morgan fingerprint density at radius 1 is 1.56 bits per heavy atom. The summed E-state index contributed by atoms with van der Waals surface area (Å²) in [7, 11) is 1.76. The number of carbonyl (C=O) groups is 1. The van der Waals surface area contributed by atoms with Gasteiger partial charge >= 0.3 is 0 Å². The van der Waals surface area contributed by atoms with Crippen LogP contribution in [0.3, 0.4) is 0 Å². The molecule has 1 rings (SSSR count). The third-order valence-corrected chi connectivity index (χ3v) is 4.12. The SMILES string of the molecule is CNc1snc(C)c1C(=O)NCC(C)(O)C(C)C. The highest BCUT2D eigenvalue weighted by Gasteiger charge is 2.26. The van der Waals surface area contributed by atoms with E-state index in [-0.39, 0.29) is 18.4 Å². The Bertz CT molecular complexity index is 427. The van der Waals surface area contributed by atoms with Gasteiger partial charge in [-0.1, -0.05) is 13.8 Å². The van der Waals surface area contributed by atoms with Gasteiger partial charge in [0, 0.05) is 13.6 Å². The van der Waals surface area contributed by atoms with Gasteiger partial charge in [-0.25, -0.2) is 0 Å². The maximum Gasteiger partial charge on any atom is 0.256 e. The molecule has 0 saturated heterocycles. The van der Waals surface area contributed by atoms with Crippen LogP contribution in [0.1, 0.15) is 36.8 Å². The molecule has 0 aliphatic heterocycles. The van der Waals surface area contributed by atoms with E-state index in [4.69, 9.17) is 0 Å². The molecule has 102 valence electrons. The summed E-state index contributed by atoms with van der Waals surface area (Å²) in [5.74, 6) is -0.130. The Kier molecular flexibility index (Phi) is 4.70. The minimum Gasteiger partial charge on any atom is -0.388 e. The van der Waals surface area contributed by atoms with E-state index in [2.05, 4.69) is 15.0 Å². The molecule has 0 bridgehead atoms. The molecule has 0 aliphatic carbocycles. The van der Waals surface area contributed by atoms with Crippen molar-refractivity contribution < 1.29 is 9.90 Å². The molecule has 0 aromatic carbocycles. The molecule has 3 N–H and O–H groups in total. The molecule has 0 aliphatic rings. The van der Waals surface area contributed by atoms with Crippen LogP contribution in [0.4, 0.5) is 5.00 Å². The number of nitrogens with one attached hydrogen (secondary N) is 2. The number of aliphatic hydroxyl groups is 1. The summed E-state index contributed by atoms with van der Waals surface area (Å²) in [6.45, 7) is 7.58. The van der Waals surface area contributed by atoms with E-state index in [1.165, 1.54) is 11.5 Å². The Hall–Kier alpha value is -1.14. The first-order valence-electron chi connectivity index (χ1n) is 5.94. The van der Waals surface area contributed by atoms with Gasteiger partial charge in [-0.3, -0.25) is 4.79 Å². The maximum absolute atomic E-state index is 12.1. The smallest absolute Gasteiger partial charge is 0.256 e. The molecule has 6 heteroatoms. The van der Waals surface area contributed by atoms with Crippen LogP contribution in [0, 0.1) is 12.8 Å². The normalized spacial score (nSPS) is 14.4. The van der Waals surface area contributed by atoms with Crippen molar-refractivity contribution in [2.24, 2.45) is 5.92 Å². The fourth-order valence-electron chi connectivity index (χ4n) is 1.36. The van der Waals surface area contributed by atoms with Crippen LogP contribution in [-0.4, -0.2) is 34.6 Å². The zero-order valence-corrected chi connectivity index (χ0v) is 12.3. The summed E-state index contributed by atoms with van der Waals surface area (Å²) in [4.78, 5) is 12.1. The van der Waals surface area contributed by atoms with Gasteiger partial charge < -0.3 is 15.7 Å². The zero-order valence-electron chi connectivity index (χ0n) is 11.5. The summed E-state index contributed by atoms with van der Waals surface area (Å²) in [6, 6.07) is 0. The number of carbonyl (C=O) groups excluding carboxylic acids is 1. The van der Waals surface area contributed by atoms with E-state index >= 15 is 0 Å². The Morgan fingerprint density at radius 3 is 2.67 bits per heavy atom. The molecule has 1 heterocycles. The van der Waals surface area contributed by atoms with E-state index in [1.807, 2.05) is 13.8 Å². The quantitative estimate of drug-likeness (QED) is 0.761. The molecule has 1 aromatic rings. The van der Waals surface area contributed by atoms with Crippen LogP contribution in [-0.2, 0) is 0 Å². The summed E-state index contributed by atoms with van der Waals surface area (Å²) in [6.07, 6.45) is 0. The lowest BCUT2D eigenvalue weighted by Crippen LogP contribution is -2.44. The largest absolute Gasteiger partial charge is 0.388 e. The highest BCUT2D eigenvalue weighted by Crippen LogP contribution is 2.24. The lowest BCUT2D eigenvalue weighted by atomic mass is 9.92. The molecular weight excluding hydrogens is 250 g/mol. The predicted molar refractivity (Wildman–Crippen MR) is 74.2 cm³/mol. The van der Waals surface area contributed by atoms with Crippen molar-refractivity contribution in [3.05, 3.63) is 11.3 Å². The Morgan fingerprint density at radius 2 is 2.17 bits per heavy atom. The van der Waals surface area contributed by atoms with Gasteiger partial charge in [-0.05, 0) is 31.3 Å². The van der Waals surface area contributed by atoms with Crippen molar-refractivity contribution >= 4 is 22.4 Å². The standard InChI is InChI=1S/C12H21N3O2S/c1-7(2)12(4,17)6-14-10(16)9-8(3)15-18-11(9)13-5/h7,13,17H,6H2,1-5H3,(H,14,16). The molecule has 1 aromatic heterocycles. The van der Waals surface area contributed by atoms with E-state index < -0.39 is 5.60 Å². The second-order valence-corrected chi connectivity index (χ2v) is 5.69. The summed E-state index contributed by atoms with van der Waals surface area (Å²) in [5.41, 5.74) is 0.348. The minimum absolute atomic E-state index is 0.0725. The second kappa shape index (κ2) is 5.67.